The quantitative estimate of drug-likeness (QED) is 0.637. The van der Waals surface area contributed by atoms with E-state index in [1.54, 1.807) is 4.90 Å². The van der Waals surface area contributed by atoms with E-state index < -0.39 is 5.54 Å². The number of hydrogen-bond acceptors (Lipinski definition) is 4. The number of amides is 1. The number of nitrogens with two attached hydrogens (primary N) is 1. The second-order valence-electron chi connectivity index (χ2n) is 6.14. The van der Waals surface area contributed by atoms with Crippen molar-refractivity contribution >= 4 is 5.91 Å². The van der Waals surface area contributed by atoms with Crippen molar-refractivity contribution in [2.75, 3.05) is 19.7 Å². The van der Waals surface area contributed by atoms with Crippen LogP contribution in [0.5, 0.6) is 0 Å². The highest BCUT2D eigenvalue weighted by Gasteiger charge is 2.72. The summed E-state index contributed by atoms with van der Waals surface area (Å²) in [5, 5.41) is 9.28. The van der Waals surface area contributed by atoms with Crippen molar-refractivity contribution in [3.63, 3.8) is 0 Å². The maximum Gasteiger partial charge on any atom is 0.243 e. The lowest BCUT2D eigenvalue weighted by Gasteiger charge is -2.62. The van der Waals surface area contributed by atoms with Gasteiger partial charge in [-0.25, -0.2) is 0 Å². The molecule has 0 radical (unpaired) electrons. The summed E-state index contributed by atoms with van der Waals surface area (Å²) in [6.45, 7) is 5.56. The smallest absolute Gasteiger partial charge is 0.243 e. The topological polar surface area (TPSA) is 75.8 Å². The standard InChI is InChI=1S/C12H20N2O3/c1-11(2)9-8(3-4-17-9)12(11,13)10(16)14-5-7(15)6-14/h7-9,15H,3-6,13H2,1-2H3. The van der Waals surface area contributed by atoms with Gasteiger partial charge < -0.3 is 20.5 Å². The molecule has 17 heavy (non-hydrogen) atoms. The first kappa shape index (κ1) is 11.4. The van der Waals surface area contributed by atoms with Gasteiger partial charge in [-0.15, -0.1) is 0 Å². The maximum atomic E-state index is 12.5. The Hall–Kier alpha value is -0.650. The number of nitrogens with zero attached hydrogens (tertiary/aromatic N) is 1. The fourth-order valence-corrected chi connectivity index (χ4v) is 3.70. The summed E-state index contributed by atoms with van der Waals surface area (Å²) >= 11 is 0. The number of aliphatic hydroxyl groups excluding tert-OH is 1. The first-order valence-electron chi connectivity index (χ1n) is 6.27. The first-order chi connectivity index (χ1) is 7.89. The minimum Gasteiger partial charge on any atom is -0.389 e. The van der Waals surface area contributed by atoms with Crippen molar-refractivity contribution in [3.05, 3.63) is 0 Å². The Morgan fingerprint density at radius 2 is 2.12 bits per heavy atom. The molecule has 3 aliphatic rings. The van der Waals surface area contributed by atoms with Gasteiger partial charge in [0.25, 0.3) is 0 Å². The molecule has 5 nitrogen and oxygen atoms in total. The molecule has 5 heteroatoms. The SMILES string of the molecule is CC1(C)C2OCCC2C1(N)C(=O)N1CC(O)C1. The average molecular weight is 240 g/mol. The molecule has 1 aliphatic carbocycles. The maximum absolute atomic E-state index is 12.5. The second-order valence-corrected chi connectivity index (χ2v) is 6.14. The minimum absolute atomic E-state index is 0.0143. The van der Waals surface area contributed by atoms with Gasteiger partial charge >= 0.3 is 0 Å². The number of fused-ring (bicyclic) bond motifs is 1. The fourth-order valence-electron chi connectivity index (χ4n) is 3.70. The molecular weight excluding hydrogens is 220 g/mol. The zero-order chi connectivity index (χ0) is 12.4. The Morgan fingerprint density at radius 3 is 2.71 bits per heavy atom. The zero-order valence-corrected chi connectivity index (χ0v) is 10.3. The third kappa shape index (κ3) is 1.17. The number of aliphatic hydroxyl groups is 1. The summed E-state index contributed by atoms with van der Waals surface area (Å²) < 4.78 is 5.67. The number of carbonyl (C=O) groups is 1. The van der Waals surface area contributed by atoms with E-state index in [1.807, 2.05) is 13.8 Å². The summed E-state index contributed by atoms with van der Waals surface area (Å²) in [6.07, 6.45) is 0.608. The van der Waals surface area contributed by atoms with Crippen molar-refractivity contribution < 1.29 is 14.6 Å². The van der Waals surface area contributed by atoms with Crippen LogP contribution in [0, 0.1) is 11.3 Å². The predicted octanol–water partition coefficient (Wildman–Crippen LogP) is -0.668. The molecule has 0 spiro atoms. The van der Waals surface area contributed by atoms with Crippen molar-refractivity contribution in [3.8, 4) is 0 Å². The van der Waals surface area contributed by atoms with E-state index in [9.17, 15) is 9.90 Å². The van der Waals surface area contributed by atoms with Gasteiger partial charge in [0.05, 0.1) is 12.2 Å². The fraction of sp³-hybridized carbons (Fsp3) is 0.917. The van der Waals surface area contributed by atoms with Crippen LogP contribution in [0.25, 0.3) is 0 Å². The predicted molar refractivity (Wildman–Crippen MR) is 61.1 cm³/mol. The third-order valence-electron chi connectivity index (χ3n) is 4.96. The Bertz CT molecular complexity index is 365. The second kappa shape index (κ2) is 3.22. The van der Waals surface area contributed by atoms with Crippen molar-refractivity contribution in [1.29, 1.82) is 0 Å². The van der Waals surface area contributed by atoms with Gasteiger partial charge in [0.1, 0.15) is 5.54 Å². The van der Waals surface area contributed by atoms with E-state index >= 15 is 0 Å². The molecule has 2 heterocycles. The normalized spacial score (nSPS) is 43.9. The Morgan fingerprint density at radius 1 is 1.47 bits per heavy atom. The Kier molecular flexibility index (Phi) is 2.16. The van der Waals surface area contributed by atoms with Crippen LogP contribution in [0.1, 0.15) is 20.3 Å². The number of carbonyl (C=O) groups excluding carboxylic acids is 1. The number of likely N-dealkylation sites (tertiary alicyclic amines) is 1. The first-order valence-corrected chi connectivity index (χ1v) is 6.27. The van der Waals surface area contributed by atoms with Crippen LogP contribution in [0.3, 0.4) is 0 Å². The molecule has 2 saturated heterocycles. The van der Waals surface area contributed by atoms with Gasteiger partial charge in [-0.1, -0.05) is 13.8 Å². The number of rotatable bonds is 1. The summed E-state index contributed by atoms with van der Waals surface area (Å²) in [4.78, 5) is 14.1. The minimum atomic E-state index is -0.811. The molecule has 2 aliphatic heterocycles. The highest BCUT2D eigenvalue weighted by atomic mass is 16.5. The van der Waals surface area contributed by atoms with Gasteiger partial charge in [0, 0.05) is 31.0 Å². The monoisotopic (exact) mass is 240 g/mol. The molecular formula is C12H20N2O3. The van der Waals surface area contributed by atoms with Gasteiger partial charge in [-0.3, -0.25) is 4.79 Å². The van der Waals surface area contributed by atoms with E-state index in [0.29, 0.717) is 19.7 Å². The lowest BCUT2D eigenvalue weighted by Crippen LogP contribution is -2.81. The lowest BCUT2D eigenvalue weighted by molar-refractivity contribution is -0.191. The molecule has 0 bridgehead atoms. The van der Waals surface area contributed by atoms with Crippen LogP contribution < -0.4 is 5.73 Å². The van der Waals surface area contributed by atoms with Gasteiger partial charge in [0.2, 0.25) is 5.91 Å². The van der Waals surface area contributed by atoms with E-state index in [0.717, 1.165) is 6.42 Å². The molecule has 3 unspecified atom stereocenters. The third-order valence-corrected chi connectivity index (χ3v) is 4.96. The molecule has 0 aromatic carbocycles. The summed E-state index contributed by atoms with van der Waals surface area (Å²) in [5.41, 5.74) is 5.29. The molecule has 1 amide bonds. The van der Waals surface area contributed by atoms with Crippen LogP contribution >= 0.6 is 0 Å². The van der Waals surface area contributed by atoms with Crippen molar-refractivity contribution in [2.45, 2.75) is 38.0 Å². The zero-order valence-electron chi connectivity index (χ0n) is 10.3. The summed E-state index contributed by atoms with van der Waals surface area (Å²) in [5.74, 6) is 0.127. The average Bonchev–Trinajstić information content (AvgIpc) is 2.70. The summed E-state index contributed by atoms with van der Waals surface area (Å²) in [7, 11) is 0. The number of ether oxygens (including phenoxy) is 1. The largest absolute Gasteiger partial charge is 0.389 e. The van der Waals surface area contributed by atoms with Gasteiger partial charge in [-0.2, -0.15) is 0 Å². The molecule has 3 fully saturated rings. The highest BCUT2D eigenvalue weighted by molar-refractivity contribution is 5.90. The van der Waals surface area contributed by atoms with E-state index in [2.05, 4.69) is 0 Å². The lowest BCUT2D eigenvalue weighted by atomic mass is 9.47. The van der Waals surface area contributed by atoms with Crippen LogP contribution in [0.15, 0.2) is 0 Å². The van der Waals surface area contributed by atoms with E-state index in [4.69, 9.17) is 10.5 Å². The van der Waals surface area contributed by atoms with Crippen molar-refractivity contribution in [1.82, 2.24) is 4.90 Å². The van der Waals surface area contributed by atoms with Crippen molar-refractivity contribution in [2.24, 2.45) is 17.1 Å². The Labute approximate surface area is 101 Å². The molecule has 1 saturated carbocycles. The molecule has 0 aromatic heterocycles. The van der Waals surface area contributed by atoms with Crippen LogP contribution in [0.2, 0.25) is 0 Å². The van der Waals surface area contributed by atoms with Gasteiger partial charge in [-0.05, 0) is 6.42 Å². The van der Waals surface area contributed by atoms with Gasteiger partial charge in [0.15, 0.2) is 0 Å². The molecule has 3 atom stereocenters. The molecule has 96 valence electrons. The highest BCUT2D eigenvalue weighted by Crippen LogP contribution is 2.58. The van der Waals surface area contributed by atoms with Crippen LogP contribution in [-0.4, -0.2) is 53.4 Å². The Balaban J connectivity index is 1.83. The number of β-amino-alcohol motifs (C(OH)–C–C–N with tert-alkyl or cyclic N) is 1. The number of hydrogen-bond donors (Lipinski definition) is 2. The molecule has 0 aromatic rings. The molecule has 3 N–H and O–H groups in total. The molecule has 3 rings (SSSR count). The van der Waals surface area contributed by atoms with Crippen LogP contribution in [-0.2, 0) is 9.53 Å². The summed E-state index contributed by atoms with van der Waals surface area (Å²) in [6, 6.07) is 0. The van der Waals surface area contributed by atoms with E-state index in [1.165, 1.54) is 0 Å². The van der Waals surface area contributed by atoms with Crippen LogP contribution in [0.4, 0.5) is 0 Å². The van der Waals surface area contributed by atoms with E-state index in [-0.39, 0.29) is 29.4 Å².